The standard InChI is InChI=1S/C28H22N2/c1-21-17-19-23(20-18-21)27-26(22-11-5-2-6-12-22)28(24-13-7-3-8-14-24)30(29-27)25-15-9-4-10-16-25/h2-20H,1H3. The number of para-hydroxylation sites is 1. The Kier molecular flexibility index (Phi) is 4.74. The largest absolute Gasteiger partial charge is 0.232 e. The van der Waals surface area contributed by atoms with Crippen LogP contribution in [0.25, 0.3) is 39.3 Å². The smallest absolute Gasteiger partial charge is 0.101 e. The fraction of sp³-hybridized carbons (Fsp3) is 0.0357. The van der Waals surface area contributed by atoms with Gasteiger partial charge >= 0.3 is 0 Å². The first-order valence-electron chi connectivity index (χ1n) is 10.2. The third-order valence-electron chi connectivity index (χ3n) is 5.32. The van der Waals surface area contributed by atoms with E-state index in [-0.39, 0.29) is 0 Å². The van der Waals surface area contributed by atoms with Crippen molar-refractivity contribution in [2.45, 2.75) is 6.92 Å². The highest BCUT2D eigenvalue weighted by Crippen LogP contribution is 2.41. The first-order valence-corrected chi connectivity index (χ1v) is 10.2. The predicted molar refractivity (Wildman–Crippen MR) is 125 cm³/mol. The van der Waals surface area contributed by atoms with Crippen molar-refractivity contribution in [1.82, 2.24) is 9.78 Å². The van der Waals surface area contributed by atoms with Crippen LogP contribution in [0.5, 0.6) is 0 Å². The van der Waals surface area contributed by atoms with E-state index in [0.29, 0.717) is 0 Å². The fourth-order valence-corrected chi connectivity index (χ4v) is 3.83. The molecule has 1 aromatic heterocycles. The van der Waals surface area contributed by atoms with Gasteiger partial charge in [-0.1, -0.05) is 109 Å². The van der Waals surface area contributed by atoms with Crippen molar-refractivity contribution < 1.29 is 0 Å². The molecule has 30 heavy (non-hydrogen) atoms. The van der Waals surface area contributed by atoms with E-state index >= 15 is 0 Å². The summed E-state index contributed by atoms with van der Waals surface area (Å²) in [5.41, 5.74) is 8.95. The molecule has 0 fully saturated rings. The zero-order valence-electron chi connectivity index (χ0n) is 16.9. The van der Waals surface area contributed by atoms with Crippen molar-refractivity contribution in [1.29, 1.82) is 0 Å². The Hall–Kier alpha value is -3.91. The highest BCUT2D eigenvalue weighted by atomic mass is 15.3. The summed E-state index contributed by atoms with van der Waals surface area (Å²) in [5, 5.41) is 5.15. The summed E-state index contributed by atoms with van der Waals surface area (Å²) < 4.78 is 2.08. The second-order valence-electron chi connectivity index (χ2n) is 7.42. The van der Waals surface area contributed by atoms with Crippen molar-refractivity contribution in [3.05, 3.63) is 121 Å². The van der Waals surface area contributed by atoms with Crippen LogP contribution in [0, 0.1) is 6.92 Å². The Labute approximate surface area is 177 Å². The topological polar surface area (TPSA) is 17.8 Å². The minimum Gasteiger partial charge on any atom is -0.232 e. The zero-order chi connectivity index (χ0) is 20.3. The Bertz CT molecular complexity index is 1250. The molecule has 0 aliphatic heterocycles. The van der Waals surface area contributed by atoms with E-state index in [2.05, 4.69) is 121 Å². The van der Waals surface area contributed by atoms with Gasteiger partial charge in [0.25, 0.3) is 0 Å². The number of aryl methyl sites for hydroxylation is 1. The molecule has 0 aliphatic rings. The van der Waals surface area contributed by atoms with Gasteiger partial charge in [-0.2, -0.15) is 5.10 Å². The van der Waals surface area contributed by atoms with Gasteiger partial charge in [-0.3, -0.25) is 0 Å². The molecule has 0 unspecified atom stereocenters. The lowest BCUT2D eigenvalue weighted by Gasteiger charge is -2.11. The third kappa shape index (κ3) is 3.33. The molecule has 5 aromatic rings. The molecule has 0 atom stereocenters. The van der Waals surface area contributed by atoms with Crippen LogP contribution in [0.1, 0.15) is 5.56 Å². The van der Waals surface area contributed by atoms with Gasteiger partial charge in [-0.05, 0) is 24.6 Å². The molecule has 2 nitrogen and oxygen atoms in total. The van der Waals surface area contributed by atoms with E-state index in [0.717, 1.165) is 39.3 Å². The Balaban J connectivity index is 1.88. The summed E-state index contributed by atoms with van der Waals surface area (Å²) in [7, 11) is 0. The van der Waals surface area contributed by atoms with Crippen LogP contribution < -0.4 is 0 Å². The predicted octanol–water partition coefficient (Wildman–Crippen LogP) is 7.18. The molecule has 144 valence electrons. The Morgan fingerprint density at radius 2 is 1.07 bits per heavy atom. The number of hydrogen-bond acceptors (Lipinski definition) is 1. The summed E-state index contributed by atoms with van der Waals surface area (Å²) in [4.78, 5) is 0. The van der Waals surface area contributed by atoms with Gasteiger partial charge in [0.15, 0.2) is 0 Å². The molecule has 4 aromatic carbocycles. The van der Waals surface area contributed by atoms with Gasteiger partial charge in [0.2, 0.25) is 0 Å². The zero-order valence-corrected chi connectivity index (χ0v) is 16.9. The SMILES string of the molecule is Cc1ccc(-c2nn(-c3ccccc3)c(-c3ccccc3)c2-c2ccccc2)cc1. The third-order valence-corrected chi connectivity index (χ3v) is 5.32. The van der Waals surface area contributed by atoms with Crippen molar-refractivity contribution in [2.75, 3.05) is 0 Å². The lowest BCUT2D eigenvalue weighted by atomic mass is 9.95. The van der Waals surface area contributed by atoms with Crippen molar-refractivity contribution in [3.8, 4) is 39.3 Å². The second-order valence-corrected chi connectivity index (χ2v) is 7.42. The van der Waals surface area contributed by atoms with E-state index in [1.54, 1.807) is 0 Å². The number of rotatable bonds is 4. The van der Waals surface area contributed by atoms with Crippen LogP contribution in [-0.2, 0) is 0 Å². The summed E-state index contributed by atoms with van der Waals surface area (Å²) >= 11 is 0. The van der Waals surface area contributed by atoms with Crippen LogP contribution in [0.4, 0.5) is 0 Å². The van der Waals surface area contributed by atoms with Crippen molar-refractivity contribution in [2.24, 2.45) is 0 Å². The summed E-state index contributed by atoms with van der Waals surface area (Å²) in [6, 6.07) is 40.0. The average Bonchev–Trinajstić information content (AvgIpc) is 3.22. The molecule has 1 heterocycles. The van der Waals surface area contributed by atoms with Gasteiger partial charge in [0.1, 0.15) is 5.69 Å². The van der Waals surface area contributed by atoms with Crippen LogP contribution in [-0.4, -0.2) is 9.78 Å². The first kappa shape index (κ1) is 18.1. The van der Waals surface area contributed by atoms with E-state index in [9.17, 15) is 0 Å². The highest BCUT2D eigenvalue weighted by Gasteiger charge is 2.22. The van der Waals surface area contributed by atoms with E-state index in [1.165, 1.54) is 5.56 Å². The molecule has 0 bridgehead atoms. The lowest BCUT2D eigenvalue weighted by molar-refractivity contribution is 0.892. The molecule has 0 radical (unpaired) electrons. The maximum Gasteiger partial charge on any atom is 0.101 e. The molecule has 2 heteroatoms. The molecule has 0 aliphatic carbocycles. The van der Waals surface area contributed by atoms with Gasteiger partial charge in [0.05, 0.1) is 11.4 Å². The van der Waals surface area contributed by atoms with Gasteiger partial charge in [0, 0.05) is 16.7 Å². The quantitative estimate of drug-likeness (QED) is 0.320. The van der Waals surface area contributed by atoms with Gasteiger partial charge in [-0.15, -0.1) is 0 Å². The minimum atomic E-state index is 0.990. The fourth-order valence-electron chi connectivity index (χ4n) is 3.83. The van der Waals surface area contributed by atoms with E-state index in [4.69, 9.17) is 5.10 Å². The number of nitrogens with zero attached hydrogens (tertiary/aromatic N) is 2. The highest BCUT2D eigenvalue weighted by molar-refractivity contribution is 5.92. The molecule has 0 saturated heterocycles. The van der Waals surface area contributed by atoms with Crippen LogP contribution in [0.15, 0.2) is 115 Å². The molecule has 0 spiro atoms. The Morgan fingerprint density at radius 3 is 1.67 bits per heavy atom. The molecule has 0 amide bonds. The van der Waals surface area contributed by atoms with E-state index in [1.807, 2.05) is 6.07 Å². The van der Waals surface area contributed by atoms with Crippen molar-refractivity contribution >= 4 is 0 Å². The van der Waals surface area contributed by atoms with Gasteiger partial charge < -0.3 is 0 Å². The summed E-state index contributed by atoms with van der Waals surface area (Å²) in [6.45, 7) is 2.11. The first-order chi connectivity index (χ1) is 14.8. The number of aromatic nitrogens is 2. The maximum atomic E-state index is 5.15. The Morgan fingerprint density at radius 1 is 0.533 bits per heavy atom. The molecular weight excluding hydrogens is 364 g/mol. The molecule has 5 rings (SSSR count). The van der Waals surface area contributed by atoms with Gasteiger partial charge in [-0.25, -0.2) is 4.68 Å². The minimum absolute atomic E-state index is 0.990. The monoisotopic (exact) mass is 386 g/mol. The molecule has 0 saturated carbocycles. The number of benzene rings is 4. The van der Waals surface area contributed by atoms with Crippen LogP contribution in [0.2, 0.25) is 0 Å². The number of hydrogen-bond donors (Lipinski definition) is 0. The normalized spacial score (nSPS) is 10.8. The molecule has 0 N–H and O–H groups in total. The van der Waals surface area contributed by atoms with Crippen molar-refractivity contribution in [3.63, 3.8) is 0 Å². The maximum absolute atomic E-state index is 5.15. The molecular formula is C28H22N2. The average molecular weight is 386 g/mol. The van der Waals surface area contributed by atoms with Crippen LogP contribution >= 0.6 is 0 Å². The second kappa shape index (κ2) is 7.84. The van der Waals surface area contributed by atoms with Crippen LogP contribution in [0.3, 0.4) is 0 Å². The summed E-state index contributed by atoms with van der Waals surface area (Å²) in [5.74, 6) is 0. The van der Waals surface area contributed by atoms with E-state index < -0.39 is 0 Å². The summed E-state index contributed by atoms with van der Waals surface area (Å²) in [6.07, 6.45) is 0. The lowest BCUT2D eigenvalue weighted by Crippen LogP contribution is -1.99.